The number of hydrogen-bond acceptors (Lipinski definition) is 6. The zero-order chi connectivity index (χ0) is 16.0. The maximum absolute atomic E-state index is 12.5. The summed E-state index contributed by atoms with van der Waals surface area (Å²) in [5, 5.41) is 4.17. The number of aryl methyl sites for hydroxylation is 2. The number of nitrogens with zero attached hydrogens (tertiary/aromatic N) is 3. The highest BCUT2D eigenvalue weighted by molar-refractivity contribution is 5.98. The number of aromatic nitrogens is 2. The Balaban J connectivity index is 3.02. The van der Waals surface area contributed by atoms with Crippen LogP contribution in [0.3, 0.4) is 0 Å². The predicted octanol–water partition coefficient (Wildman–Crippen LogP) is -0.229. The van der Waals surface area contributed by atoms with Gasteiger partial charge in [0.05, 0.1) is 25.5 Å². The lowest BCUT2D eigenvalue weighted by molar-refractivity contribution is -0.144. The summed E-state index contributed by atoms with van der Waals surface area (Å²) >= 11 is 0. The van der Waals surface area contributed by atoms with E-state index in [0.717, 1.165) is 4.90 Å². The van der Waals surface area contributed by atoms with Crippen molar-refractivity contribution in [2.75, 3.05) is 27.3 Å². The largest absolute Gasteiger partial charge is 0.468 e. The second-order valence-corrected chi connectivity index (χ2v) is 4.33. The zero-order valence-corrected chi connectivity index (χ0v) is 12.6. The van der Waals surface area contributed by atoms with Crippen molar-refractivity contribution in [1.29, 1.82) is 0 Å². The first-order valence-electron chi connectivity index (χ1n) is 6.38. The van der Waals surface area contributed by atoms with Gasteiger partial charge in [0.15, 0.2) is 0 Å². The lowest BCUT2D eigenvalue weighted by atomic mass is 10.2. The summed E-state index contributed by atoms with van der Waals surface area (Å²) in [5.74, 6) is -1.70. The highest BCUT2D eigenvalue weighted by atomic mass is 16.5. The molecule has 0 aliphatic heterocycles. The first-order chi connectivity index (χ1) is 9.92. The average Bonchev–Trinajstić information content (AvgIpc) is 2.86. The van der Waals surface area contributed by atoms with Crippen LogP contribution in [0, 0.1) is 0 Å². The van der Waals surface area contributed by atoms with Crippen LogP contribution in [0.1, 0.15) is 23.0 Å². The molecule has 8 heteroatoms. The fourth-order valence-electron chi connectivity index (χ4n) is 1.78. The van der Waals surface area contributed by atoms with Gasteiger partial charge in [0.1, 0.15) is 13.1 Å². The van der Waals surface area contributed by atoms with Crippen LogP contribution in [0.25, 0.3) is 0 Å². The molecule has 1 aromatic rings. The molecule has 0 aliphatic carbocycles. The van der Waals surface area contributed by atoms with Crippen molar-refractivity contribution in [3.05, 3.63) is 17.5 Å². The smallest absolute Gasteiger partial charge is 0.325 e. The van der Waals surface area contributed by atoms with Gasteiger partial charge in [-0.05, 0) is 6.42 Å². The Kier molecular flexibility index (Phi) is 5.89. The van der Waals surface area contributed by atoms with Gasteiger partial charge in [0, 0.05) is 13.2 Å². The summed E-state index contributed by atoms with van der Waals surface area (Å²) in [6, 6.07) is 0. The zero-order valence-electron chi connectivity index (χ0n) is 12.6. The maximum Gasteiger partial charge on any atom is 0.325 e. The lowest BCUT2D eigenvalue weighted by Crippen LogP contribution is -2.40. The van der Waals surface area contributed by atoms with E-state index in [2.05, 4.69) is 14.6 Å². The van der Waals surface area contributed by atoms with E-state index in [9.17, 15) is 14.4 Å². The second kappa shape index (κ2) is 7.41. The Hall–Kier alpha value is -2.38. The van der Waals surface area contributed by atoms with Crippen LogP contribution in [0.4, 0.5) is 0 Å². The number of carbonyl (C=O) groups excluding carboxylic acids is 3. The molecule has 0 atom stereocenters. The fraction of sp³-hybridized carbons (Fsp3) is 0.538. The number of ether oxygens (including phenoxy) is 2. The van der Waals surface area contributed by atoms with Crippen molar-refractivity contribution in [1.82, 2.24) is 14.7 Å². The first kappa shape index (κ1) is 16.7. The van der Waals surface area contributed by atoms with Gasteiger partial charge < -0.3 is 14.4 Å². The Morgan fingerprint density at radius 1 is 1.19 bits per heavy atom. The predicted molar refractivity (Wildman–Crippen MR) is 72.5 cm³/mol. The lowest BCUT2D eigenvalue weighted by Gasteiger charge is -2.19. The summed E-state index contributed by atoms with van der Waals surface area (Å²) in [7, 11) is 4.12. The standard InChI is InChI=1S/C13H19N3O5/c1-5-10-9(6-15(2)14-10)13(19)16(7-11(17)20-3)8-12(18)21-4/h6H,5,7-8H2,1-4H3. The maximum atomic E-state index is 12.5. The summed E-state index contributed by atoms with van der Waals surface area (Å²) in [6.45, 7) is 1.20. The van der Waals surface area contributed by atoms with E-state index in [4.69, 9.17) is 0 Å². The normalized spacial score (nSPS) is 10.1. The van der Waals surface area contributed by atoms with Gasteiger partial charge in [0.2, 0.25) is 0 Å². The molecule has 0 saturated carbocycles. The molecule has 21 heavy (non-hydrogen) atoms. The fourth-order valence-corrected chi connectivity index (χ4v) is 1.78. The van der Waals surface area contributed by atoms with E-state index in [-0.39, 0.29) is 13.1 Å². The van der Waals surface area contributed by atoms with Crippen LogP contribution in [-0.4, -0.2) is 59.8 Å². The van der Waals surface area contributed by atoms with E-state index in [1.54, 1.807) is 13.2 Å². The van der Waals surface area contributed by atoms with Crippen molar-refractivity contribution in [2.45, 2.75) is 13.3 Å². The monoisotopic (exact) mass is 297 g/mol. The van der Waals surface area contributed by atoms with Gasteiger partial charge in [-0.1, -0.05) is 6.92 Å². The molecule has 8 nitrogen and oxygen atoms in total. The van der Waals surface area contributed by atoms with Crippen molar-refractivity contribution < 1.29 is 23.9 Å². The molecule has 0 N–H and O–H groups in total. The van der Waals surface area contributed by atoms with Gasteiger partial charge in [-0.25, -0.2) is 0 Å². The van der Waals surface area contributed by atoms with E-state index >= 15 is 0 Å². The summed E-state index contributed by atoms with van der Waals surface area (Å²) in [5.41, 5.74) is 0.954. The molecule has 0 aromatic carbocycles. The van der Waals surface area contributed by atoms with E-state index in [1.165, 1.54) is 18.9 Å². The van der Waals surface area contributed by atoms with Crippen LogP contribution in [0.2, 0.25) is 0 Å². The molecule has 0 saturated heterocycles. The van der Waals surface area contributed by atoms with Crippen LogP contribution in [0.15, 0.2) is 6.20 Å². The van der Waals surface area contributed by atoms with Crippen LogP contribution in [-0.2, 0) is 32.5 Å². The van der Waals surface area contributed by atoms with Gasteiger partial charge >= 0.3 is 11.9 Å². The molecule has 1 aromatic heterocycles. The molecule has 0 unspecified atom stereocenters. The molecule has 1 heterocycles. The number of esters is 2. The van der Waals surface area contributed by atoms with E-state index < -0.39 is 17.8 Å². The van der Waals surface area contributed by atoms with Crippen LogP contribution in [0.5, 0.6) is 0 Å². The molecule has 1 rings (SSSR count). The van der Waals surface area contributed by atoms with E-state index in [0.29, 0.717) is 17.7 Å². The quantitative estimate of drug-likeness (QED) is 0.674. The molecule has 0 fully saturated rings. The van der Waals surface area contributed by atoms with Crippen molar-refractivity contribution in [2.24, 2.45) is 7.05 Å². The third-order valence-corrected chi connectivity index (χ3v) is 2.85. The number of methoxy groups -OCH3 is 2. The minimum absolute atomic E-state index is 0.331. The van der Waals surface area contributed by atoms with Gasteiger partial charge in [-0.15, -0.1) is 0 Å². The molecule has 116 valence electrons. The Bertz CT molecular complexity index is 520. The topological polar surface area (TPSA) is 90.7 Å². The van der Waals surface area contributed by atoms with Gasteiger partial charge in [0.25, 0.3) is 5.91 Å². The average molecular weight is 297 g/mol. The molecule has 0 radical (unpaired) electrons. The minimum atomic E-state index is -0.616. The first-order valence-corrected chi connectivity index (χ1v) is 6.38. The number of amides is 1. The van der Waals surface area contributed by atoms with Crippen LogP contribution >= 0.6 is 0 Å². The van der Waals surface area contributed by atoms with Crippen molar-refractivity contribution >= 4 is 17.8 Å². The molecular weight excluding hydrogens is 278 g/mol. The third-order valence-electron chi connectivity index (χ3n) is 2.85. The Morgan fingerprint density at radius 2 is 1.71 bits per heavy atom. The number of hydrogen-bond donors (Lipinski definition) is 0. The Morgan fingerprint density at radius 3 is 2.14 bits per heavy atom. The highest BCUT2D eigenvalue weighted by Crippen LogP contribution is 2.11. The molecular formula is C13H19N3O5. The summed E-state index contributed by atoms with van der Waals surface area (Å²) < 4.78 is 10.6. The number of rotatable bonds is 6. The minimum Gasteiger partial charge on any atom is -0.468 e. The van der Waals surface area contributed by atoms with Crippen molar-refractivity contribution in [3.63, 3.8) is 0 Å². The molecule has 0 aliphatic rings. The summed E-state index contributed by atoms with van der Waals surface area (Å²) in [6.07, 6.45) is 2.12. The third kappa shape index (κ3) is 4.30. The van der Waals surface area contributed by atoms with Crippen molar-refractivity contribution in [3.8, 4) is 0 Å². The molecule has 0 bridgehead atoms. The highest BCUT2D eigenvalue weighted by Gasteiger charge is 2.25. The second-order valence-electron chi connectivity index (χ2n) is 4.33. The Labute approximate surface area is 122 Å². The number of carbonyl (C=O) groups is 3. The summed E-state index contributed by atoms with van der Waals surface area (Å²) in [4.78, 5) is 36.4. The van der Waals surface area contributed by atoms with Gasteiger partial charge in [-0.3, -0.25) is 19.1 Å². The van der Waals surface area contributed by atoms with Crippen LogP contribution < -0.4 is 0 Å². The molecule has 0 spiro atoms. The molecule has 1 amide bonds. The SMILES string of the molecule is CCc1nn(C)cc1C(=O)N(CC(=O)OC)CC(=O)OC. The van der Waals surface area contributed by atoms with E-state index in [1.807, 2.05) is 6.92 Å². The van der Waals surface area contributed by atoms with Gasteiger partial charge in [-0.2, -0.15) is 5.10 Å².